The van der Waals surface area contributed by atoms with Crippen LogP contribution in [0.15, 0.2) is 5.11 Å². The van der Waals surface area contributed by atoms with Crippen molar-refractivity contribution in [2.75, 3.05) is 13.7 Å². The summed E-state index contributed by atoms with van der Waals surface area (Å²) in [6.07, 6.45) is -2.90. The van der Waals surface area contributed by atoms with E-state index in [2.05, 4.69) is 10.0 Å². The van der Waals surface area contributed by atoms with Gasteiger partial charge < -0.3 is 19.7 Å². The first-order valence-electron chi connectivity index (χ1n) is 5.23. The van der Waals surface area contributed by atoms with Crippen LogP contribution < -0.4 is 0 Å². The molecule has 0 aromatic heterocycles. The fraction of sp³-hybridized carbons (Fsp3) is 0.889. The highest BCUT2D eigenvalue weighted by Gasteiger charge is 2.45. The Kier molecular flexibility index (Phi) is 5.86. The van der Waals surface area contributed by atoms with Crippen molar-refractivity contribution in [1.29, 1.82) is 0 Å². The monoisotopic (exact) mass is 277 g/mol. The number of aliphatic hydroxyl groups is 2. The fourth-order valence-electron chi connectivity index (χ4n) is 1.76. The molecule has 0 amide bonds. The molecule has 0 saturated carbocycles. The Morgan fingerprint density at radius 2 is 2.33 bits per heavy atom. The van der Waals surface area contributed by atoms with Gasteiger partial charge in [-0.3, -0.25) is 4.79 Å². The number of thioether (sulfide) groups is 1. The lowest BCUT2D eigenvalue weighted by atomic mass is 10.0. The Morgan fingerprint density at radius 3 is 2.78 bits per heavy atom. The van der Waals surface area contributed by atoms with E-state index in [9.17, 15) is 9.90 Å². The molecule has 0 aliphatic carbocycles. The Bertz CT molecular complexity index is 349. The fourth-order valence-corrected chi connectivity index (χ4v) is 2.78. The predicted octanol–water partition coefficient (Wildman–Crippen LogP) is 0.0381. The molecule has 0 bridgehead atoms. The van der Waals surface area contributed by atoms with Crippen LogP contribution in [0, 0.1) is 0 Å². The van der Waals surface area contributed by atoms with Gasteiger partial charge in [-0.1, -0.05) is 16.9 Å². The zero-order valence-electron chi connectivity index (χ0n) is 9.96. The van der Waals surface area contributed by atoms with Crippen LogP contribution in [-0.4, -0.2) is 58.8 Å². The number of aliphatic hydroxyl groups excluding tert-OH is 2. The summed E-state index contributed by atoms with van der Waals surface area (Å²) in [6.45, 7) is 0.925. The van der Waals surface area contributed by atoms with Crippen LogP contribution in [0.4, 0.5) is 0 Å². The Labute approximate surface area is 108 Å². The van der Waals surface area contributed by atoms with Crippen LogP contribution in [0.3, 0.4) is 0 Å². The average molecular weight is 277 g/mol. The van der Waals surface area contributed by atoms with Crippen LogP contribution >= 0.6 is 11.8 Å². The van der Waals surface area contributed by atoms with E-state index in [1.54, 1.807) is 0 Å². The van der Waals surface area contributed by atoms with Gasteiger partial charge >= 0.3 is 0 Å². The van der Waals surface area contributed by atoms with Crippen LogP contribution in [0.25, 0.3) is 10.4 Å². The van der Waals surface area contributed by atoms with Crippen molar-refractivity contribution in [3.63, 3.8) is 0 Å². The number of ether oxygens (including phenoxy) is 2. The third-order valence-corrected chi connectivity index (χ3v) is 3.70. The average Bonchev–Trinajstić information content (AvgIpc) is 2.34. The summed E-state index contributed by atoms with van der Waals surface area (Å²) in [5.74, 6) is 0. The first-order chi connectivity index (χ1) is 8.54. The van der Waals surface area contributed by atoms with E-state index >= 15 is 0 Å². The topological polar surface area (TPSA) is 125 Å². The summed E-state index contributed by atoms with van der Waals surface area (Å²) in [7, 11) is 1.35. The van der Waals surface area contributed by atoms with Gasteiger partial charge in [0.1, 0.15) is 12.1 Å². The summed E-state index contributed by atoms with van der Waals surface area (Å²) in [5, 5.41) is 21.7. The highest BCUT2D eigenvalue weighted by atomic mass is 32.2. The highest BCUT2D eigenvalue weighted by Crippen LogP contribution is 2.32. The van der Waals surface area contributed by atoms with Crippen LogP contribution in [0.5, 0.6) is 0 Å². The van der Waals surface area contributed by atoms with Crippen molar-refractivity contribution in [2.45, 2.75) is 36.7 Å². The Morgan fingerprint density at radius 1 is 1.67 bits per heavy atom. The number of methoxy groups -OCH3 is 1. The van der Waals surface area contributed by atoms with E-state index in [-0.39, 0.29) is 5.12 Å². The minimum absolute atomic E-state index is 0.231. The van der Waals surface area contributed by atoms with Crippen molar-refractivity contribution < 1.29 is 24.5 Å². The zero-order chi connectivity index (χ0) is 13.7. The maximum absolute atomic E-state index is 11.2. The number of hydrogen-bond donors (Lipinski definition) is 2. The molecule has 0 aromatic carbocycles. The lowest BCUT2D eigenvalue weighted by molar-refractivity contribution is -0.224. The van der Waals surface area contributed by atoms with E-state index in [4.69, 9.17) is 20.1 Å². The van der Waals surface area contributed by atoms with Gasteiger partial charge in [-0.25, -0.2) is 0 Å². The smallest absolute Gasteiger partial charge is 0.186 e. The molecule has 18 heavy (non-hydrogen) atoms. The molecule has 102 valence electrons. The molecule has 0 aromatic rings. The maximum atomic E-state index is 11.2. The second-order valence-electron chi connectivity index (χ2n) is 3.72. The van der Waals surface area contributed by atoms with Crippen LogP contribution in [0.1, 0.15) is 6.92 Å². The predicted molar refractivity (Wildman–Crippen MR) is 63.8 cm³/mol. The van der Waals surface area contributed by atoms with Crippen molar-refractivity contribution in [1.82, 2.24) is 0 Å². The number of azide groups is 1. The number of hydrogen-bond acceptors (Lipinski definition) is 7. The van der Waals surface area contributed by atoms with Gasteiger partial charge in [-0.2, -0.15) is 0 Å². The molecule has 1 aliphatic heterocycles. The molecule has 1 heterocycles. The lowest BCUT2D eigenvalue weighted by Gasteiger charge is -2.41. The van der Waals surface area contributed by atoms with Crippen molar-refractivity contribution in [3.8, 4) is 0 Å². The van der Waals surface area contributed by atoms with Crippen LogP contribution in [0.2, 0.25) is 0 Å². The summed E-state index contributed by atoms with van der Waals surface area (Å²) < 4.78 is 10.3. The Balaban J connectivity index is 3.00. The van der Waals surface area contributed by atoms with Crippen molar-refractivity contribution in [2.24, 2.45) is 5.11 Å². The van der Waals surface area contributed by atoms with Crippen molar-refractivity contribution >= 4 is 16.9 Å². The summed E-state index contributed by atoms with van der Waals surface area (Å²) in [6, 6.07) is -0.841. The highest BCUT2D eigenvalue weighted by molar-refractivity contribution is 8.14. The van der Waals surface area contributed by atoms with Gasteiger partial charge in [-0.15, -0.1) is 0 Å². The molecule has 5 atom stereocenters. The maximum Gasteiger partial charge on any atom is 0.186 e. The molecule has 1 saturated heterocycles. The minimum atomic E-state index is -1.12. The largest absolute Gasteiger partial charge is 0.394 e. The molecule has 1 fully saturated rings. The molecule has 9 heteroatoms. The van der Waals surface area contributed by atoms with E-state index in [1.165, 1.54) is 14.0 Å². The van der Waals surface area contributed by atoms with Gasteiger partial charge in [0.2, 0.25) is 0 Å². The van der Waals surface area contributed by atoms with Gasteiger partial charge in [0.05, 0.1) is 18.0 Å². The van der Waals surface area contributed by atoms with Gasteiger partial charge in [-0.05, 0) is 5.53 Å². The number of rotatable bonds is 4. The zero-order valence-corrected chi connectivity index (χ0v) is 10.8. The summed E-state index contributed by atoms with van der Waals surface area (Å²) >= 11 is 0.845. The SMILES string of the molecule is CO[C@H]1O[C@H](CO)[C@@H](O)[C@H](SC(C)=O)[C@@H]1N=[N+]=[N-]. The van der Waals surface area contributed by atoms with E-state index in [0.717, 1.165) is 11.8 Å². The molecule has 1 rings (SSSR count). The Hall–Kier alpha value is -0.830. The van der Waals surface area contributed by atoms with Crippen LogP contribution in [-0.2, 0) is 14.3 Å². The molecular weight excluding hydrogens is 262 g/mol. The quantitative estimate of drug-likeness (QED) is 0.424. The standard InChI is InChI=1S/C9H15N3O5S/c1-4(14)18-8-6(11-12-10)9(16-2)17-5(3-13)7(8)15/h5-9,13,15H,3H2,1-2H3/t5-,6+,7-,8-,9+/m1/s1. The second-order valence-corrected chi connectivity index (χ2v) is 5.08. The van der Waals surface area contributed by atoms with E-state index < -0.39 is 36.4 Å². The van der Waals surface area contributed by atoms with Gasteiger partial charge in [0.15, 0.2) is 11.4 Å². The third kappa shape index (κ3) is 3.35. The second kappa shape index (κ2) is 6.93. The number of nitrogens with zero attached hydrogens (tertiary/aromatic N) is 3. The summed E-state index contributed by atoms with van der Waals surface area (Å²) in [4.78, 5) is 13.8. The normalized spacial score (nSPS) is 35.9. The van der Waals surface area contributed by atoms with E-state index in [1.807, 2.05) is 0 Å². The first kappa shape index (κ1) is 15.2. The molecule has 1 aliphatic rings. The number of carbonyl (C=O) groups is 1. The molecule has 0 unspecified atom stereocenters. The van der Waals surface area contributed by atoms with Gasteiger partial charge in [0.25, 0.3) is 0 Å². The molecule has 0 radical (unpaired) electrons. The molecule has 0 spiro atoms. The third-order valence-electron chi connectivity index (χ3n) is 2.54. The summed E-state index contributed by atoms with van der Waals surface area (Å²) in [5.41, 5.74) is 8.52. The molecular formula is C9H15N3O5S. The minimum Gasteiger partial charge on any atom is -0.394 e. The number of carbonyl (C=O) groups excluding carboxylic acids is 1. The molecule has 8 nitrogen and oxygen atoms in total. The van der Waals surface area contributed by atoms with Gasteiger partial charge in [0, 0.05) is 18.9 Å². The molecule has 2 N–H and O–H groups in total. The van der Waals surface area contributed by atoms with E-state index in [0.29, 0.717) is 0 Å². The lowest BCUT2D eigenvalue weighted by Crippen LogP contribution is -2.57. The van der Waals surface area contributed by atoms with Crippen molar-refractivity contribution in [3.05, 3.63) is 10.4 Å². The first-order valence-corrected chi connectivity index (χ1v) is 6.11.